The fraction of sp³-hybridized carbons (Fsp3) is 0.385. The van der Waals surface area contributed by atoms with Gasteiger partial charge in [0.15, 0.2) is 0 Å². The van der Waals surface area contributed by atoms with Crippen LogP contribution in [0.2, 0.25) is 0 Å². The van der Waals surface area contributed by atoms with E-state index in [-0.39, 0.29) is 12.5 Å². The fourth-order valence-corrected chi connectivity index (χ4v) is 4.98. The summed E-state index contributed by atoms with van der Waals surface area (Å²) in [6, 6.07) is 11.7. The molecule has 4 aromatic rings. The minimum atomic E-state index is -1.02. The number of hydrogen-bond acceptors (Lipinski definition) is 6. The smallest absolute Gasteiger partial charge is 0.253 e. The van der Waals surface area contributed by atoms with Crippen molar-refractivity contribution in [3.8, 4) is 0 Å². The number of pyridine rings is 2. The number of nitrogens with zero attached hydrogens (tertiary/aromatic N) is 6. The van der Waals surface area contributed by atoms with Crippen LogP contribution in [0.25, 0.3) is 22.1 Å². The molecule has 1 saturated heterocycles. The minimum absolute atomic E-state index is 0.123. The van der Waals surface area contributed by atoms with Crippen molar-refractivity contribution in [1.82, 2.24) is 24.4 Å². The summed E-state index contributed by atoms with van der Waals surface area (Å²) in [7, 11) is 1.75. The van der Waals surface area contributed by atoms with Crippen molar-refractivity contribution in [2.45, 2.75) is 38.3 Å². The van der Waals surface area contributed by atoms with Gasteiger partial charge in [-0.15, -0.1) is 0 Å². The summed E-state index contributed by atoms with van der Waals surface area (Å²) >= 11 is 0. The standard InChI is InChI=1S/C26H30N6O2/c1-18(2)32-17-29-21-14-19(7-8-22(21)32)25(33)30(3)15-26(34)10-5-13-31(16-26)23-9-12-27-20-6-4-11-28-24(20)23/h4,6-9,11-12,14,17-18,34H,5,10,13,15-16H2,1-3H3/t26-/m0/s1. The molecule has 8 nitrogen and oxygen atoms in total. The molecule has 3 aromatic heterocycles. The molecule has 34 heavy (non-hydrogen) atoms. The molecule has 1 fully saturated rings. The summed E-state index contributed by atoms with van der Waals surface area (Å²) in [6.45, 7) is 5.71. The molecule has 1 aliphatic rings. The number of rotatable bonds is 5. The number of aliphatic hydroxyl groups is 1. The maximum atomic E-state index is 13.2. The zero-order chi connectivity index (χ0) is 23.9. The van der Waals surface area contributed by atoms with Gasteiger partial charge in [0.05, 0.1) is 40.7 Å². The van der Waals surface area contributed by atoms with Crippen LogP contribution < -0.4 is 4.90 Å². The summed E-state index contributed by atoms with van der Waals surface area (Å²) in [6.07, 6.45) is 6.81. The molecule has 1 N–H and O–H groups in total. The Hall–Kier alpha value is -3.52. The third kappa shape index (κ3) is 4.09. The van der Waals surface area contributed by atoms with E-state index in [1.54, 1.807) is 24.3 Å². The summed E-state index contributed by atoms with van der Waals surface area (Å²) in [5, 5.41) is 11.5. The second kappa shape index (κ2) is 8.68. The topological polar surface area (TPSA) is 87.4 Å². The number of likely N-dealkylation sites (N-methyl/N-ethyl adjacent to an activating group) is 1. The van der Waals surface area contributed by atoms with Gasteiger partial charge in [-0.3, -0.25) is 14.8 Å². The Bertz CT molecular complexity index is 1340. The first-order chi connectivity index (χ1) is 16.3. The van der Waals surface area contributed by atoms with E-state index in [2.05, 4.69) is 38.3 Å². The average Bonchev–Trinajstić information content (AvgIpc) is 3.26. The molecule has 176 valence electrons. The van der Waals surface area contributed by atoms with Crippen molar-refractivity contribution in [2.75, 3.05) is 31.6 Å². The molecule has 1 amide bonds. The predicted octanol–water partition coefficient (Wildman–Crippen LogP) is 3.66. The van der Waals surface area contributed by atoms with Crippen LogP contribution in [0.3, 0.4) is 0 Å². The predicted molar refractivity (Wildman–Crippen MR) is 133 cm³/mol. The van der Waals surface area contributed by atoms with Crippen LogP contribution in [-0.4, -0.2) is 67.7 Å². The maximum Gasteiger partial charge on any atom is 0.253 e. The Labute approximate surface area is 198 Å². The molecular formula is C26H30N6O2. The molecular weight excluding hydrogens is 428 g/mol. The third-order valence-electron chi connectivity index (χ3n) is 6.63. The summed E-state index contributed by atoms with van der Waals surface area (Å²) < 4.78 is 2.09. The van der Waals surface area contributed by atoms with Gasteiger partial charge in [-0.25, -0.2) is 4.98 Å². The Morgan fingerprint density at radius 3 is 2.82 bits per heavy atom. The molecule has 0 aliphatic carbocycles. The Morgan fingerprint density at radius 1 is 1.15 bits per heavy atom. The second-order valence-corrected chi connectivity index (χ2v) is 9.56. The van der Waals surface area contributed by atoms with Gasteiger partial charge in [-0.05, 0) is 63.1 Å². The number of amides is 1. The quantitative estimate of drug-likeness (QED) is 0.491. The zero-order valence-electron chi connectivity index (χ0n) is 19.8. The fourth-order valence-electron chi connectivity index (χ4n) is 4.98. The minimum Gasteiger partial charge on any atom is -0.386 e. The highest BCUT2D eigenvalue weighted by molar-refractivity contribution is 5.97. The molecule has 1 atom stereocenters. The lowest BCUT2D eigenvalue weighted by atomic mass is 9.91. The molecule has 0 bridgehead atoms. The lowest BCUT2D eigenvalue weighted by molar-refractivity contribution is 0.0000673. The van der Waals surface area contributed by atoms with Crippen LogP contribution in [-0.2, 0) is 0 Å². The highest BCUT2D eigenvalue weighted by Gasteiger charge is 2.36. The molecule has 1 aliphatic heterocycles. The molecule has 0 unspecified atom stereocenters. The second-order valence-electron chi connectivity index (χ2n) is 9.56. The number of piperidine rings is 1. The number of anilines is 1. The lowest BCUT2D eigenvalue weighted by Crippen LogP contribution is -2.54. The first-order valence-electron chi connectivity index (χ1n) is 11.7. The van der Waals surface area contributed by atoms with Gasteiger partial charge in [-0.1, -0.05) is 0 Å². The Kier molecular flexibility index (Phi) is 5.69. The third-order valence-corrected chi connectivity index (χ3v) is 6.63. The van der Waals surface area contributed by atoms with Gasteiger partial charge in [0, 0.05) is 44.1 Å². The van der Waals surface area contributed by atoms with Crippen molar-refractivity contribution in [3.05, 3.63) is 60.7 Å². The Morgan fingerprint density at radius 2 is 2.00 bits per heavy atom. The van der Waals surface area contributed by atoms with Gasteiger partial charge in [0.2, 0.25) is 0 Å². The van der Waals surface area contributed by atoms with Crippen molar-refractivity contribution in [3.63, 3.8) is 0 Å². The molecule has 4 heterocycles. The van der Waals surface area contributed by atoms with Crippen LogP contribution in [0.1, 0.15) is 43.1 Å². The van der Waals surface area contributed by atoms with Crippen LogP contribution in [0, 0.1) is 0 Å². The van der Waals surface area contributed by atoms with E-state index in [1.165, 1.54) is 0 Å². The van der Waals surface area contributed by atoms with E-state index in [4.69, 9.17) is 0 Å². The molecule has 5 rings (SSSR count). The van der Waals surface area contributed by atoms with E-state index in [9.17, 15) is 9.90 Å². The van der Waals surface area contributed by atoms with Crippen LogP contribution in [0.5, 0.6) is 0 Å². The lowest BCUT2D eigenvalue weighted by Gasteiger charge is -2.42. The monoisotopic (exact) mass is 458 g/mol. The highest BCUT2D eigenvalue weighted by Crippen LogP contribution is 2.30. The Balaban J connectivity index is 1.34. The first kappa shape index (κ1) is 22.3. The maximum absolute atomic E-state index is 13.2. The van der Waals surface area contributed by atoms with E-state index < -0.39 is 5.60 Å². The van der Waals surface area contributed by atoms with E-state index in [0.717, 1.165) is 40.7 Å². The first-order valence-corrected chi connectivity index (χ1v) is 11.7. The van der Waals surface area contributed by atoms with E-state index in [1.807, 2.05) is 42.7 Å². The highest BCUT2D eigenvalue weighted by atomic mass is 16.3. The molecule has 0 radical (unpaired) electrons. The largest absolute Gasteiger partial charge is 0.386 e. The number of carbonyl (C=O) groups is 1. The van der Waals surface area contributed by atoms with Crippen LogP contribution in [0.4, 0.5) is 5.69 Å². The van der Waals surface area contributed by atoms with E-state index in [0.29, 0.717) is 24.6 Å². The number of carbonyl (C=O) groups excluding carboxylic acids is 1. The van der Waals surface area contributed by atoms with Gasteiger partial charge in [0.1, 0.15) is 5.52 Å². The molecule has 0 spiro atoms. The molecule has 8 heteroatoms. The molecule has 1 aromatic carbocycles. The zero-order valence-corrected chi connectivity index (χ0v) is 19.8. The van der Waals surface area contributed by atoms with Crippen molar-refractivity contribution in [2.24, 2.45) is 0 Å². The van der Waals surface area contributed by atoms with Gasteiger partial charge >= 0.3 is 0 Å². The normalized spacial score (nSPS) is 18.7. The van der Waals surface area contributed by atoms with Crippen molar-refractivity contribution in [1.29, 1.82) is 0 Å². The number of β-amino-alcohol motifs (C(OH)–C–C–N with tert-alkyl or cyclic N) is 1. The van der Waals surface area contributed by atoms with Crippen molar-refractivity contribution >= 4 is 33.7 Å². The van der Waals surface area contributed by atoms with Crippen molar-refractivity contribution < 1.29 is 9.90 Å². The molecule has 0 saturated carbocycles. The number of fused-ring (bicyclic) bond motifs is 2. The van der Waals surface area contributed by atoms with Gasteiger partial charge in [0.25, 0.3) is 5.91 Å². The number of aromatic nitrogens is 4. The van der Waals surface area contributed by atoms with Crippen LogP contribution in [0.15, 0.2) is 55.1 Å². The summed E-state index contributed by atoms with van der Waals surface area (Å²) in [4.78, 5) is 30.4. The number of hydrogen-bond donors (Lipinski definition) is 1. The summed E-state index contributed by atoms with van der Waals surface area (Å²) in [5.41, 5.74) is 3.98. The van der Waals surface area contributed by atoms with Gasteiger partial charge in [-0.2, -0.15) is 0 Å². The SMILES string of the molecule is CC(C)n1cnc2cc(C(=O)N(C)C[C@@]3(O)CCCN(c4ccnc5cccnc45)C3)ccc21. The number of imidazole rings is 1. The van der Waals surface area contributed by atoms with Gasteiger partial charge < -0.3 is 19.5 Å². The average molecular weight is 459 g/mol. The summed E-state index contributed by atoms with van der Waals surface area (Å²) in [5.74, 6) is -0.123. The van der Waals surface area contributed by atoms with E-state index >= 15 is 0 Å². The van der Waals surface area contributed by atoms with Crippen LogP contribution >= 0.6 is 0 Å². The number of benzene rings is 1.